The van der Waals surface area contributed by atoms with Crippen LogP contribution in [0.1, 0.15) is 33.6 Å². The molecule has 0 aromatic carbocycles. The summed E-state index contributed by atoms with van der Waals surface area (Å²) in [6.45, 7) is 8.82. The van der Waals surface area contributed by atoms with Gasteiger partial charge in [0, 0.05) is 0 Å². The Morgan fingerprint density at radius 1 is 1.39 bits per heavy atom. The van der Waals surface area contributed by atoms with Crippen LogP contribution in [0.5, 0.6) is 0 Å². The fourth-order valence-electron chi connectivity index (χ4n) is 1.13. The molecule has 0 unspecified atom stereocenters. The number of esters is 1. The summed E-state index contributed by atoms with van der Waals surface area (Å²) in [4.78, 5) is 22.9. The van der Waals surface area contributed by atoms with E-state index in [4.69, 9.17) is 4.74 Å². The van der Waals surface area contributed by atoms with Crippen LogP contribution in [0.25, 0.3) is 0 Å². The quantitative estimate of drug-likeness (QED) is 0.617. The van der Waals surface area contributed by atoms with Gasteiger partial charge >= 0.3 is 12.1 Å². The Kier molecular flexibility index (Phi) is 9.43. The lowest BCUT2D eigenvalue weighted by molar-refractivity contribution is -0.143. The Bertz CT molecular complexity index is 286. The summed E-state index contributed by atoms with van der Waals surface area (Å²) < 4.78 is 9.66. The molecule has 0 rings (SSSR count). The van der Waals surface area contributed by atoms with E-state index in [9.17, 15) is 9.59 Å². The highest BCUT2D eigenvalue weighted by Gasteiger charge is 2.24. The molecule has 0 spiro atoms. The van der Waals surface area contributed by atoms with Crippen molar-refractivity contribution in [2.24, 2.45) is 0 Å². The predicted octanol–water partition coefficient (Wildman–Crippen LogP) is 2.13. The predicted molar refractivity (Wildman–Crippen MR) is 75.0 cm³/mol. The van der Waals surface area contributed by atoms with E-state index in [1.165, 1.54) is 7.11 Å². The van der Waals surface area contributed by atoms with Crippen LogP contribution in [0.4, 0.5) is 4.79 Å². The average molecular weight is 277 g/mol. The van der Waals surface area contributed by atoms with Gasteiger partial charge in [0.2, 0.25) is 0 Å². The largest absolute Gasteiger partial charge is 0.467 e. The molecule has 0 aliphatic carbocycles. The van der Waals surface area contributed by atoms with Gasteiger partial charge in [-0.3, -0.25) is 0 Å². The number of alkyl carbamates (subject to hydrolysis) is 1. The van der Waals surface area contributed by atoms with Crippen molar-refractivity contribution in [3.05, 3.63) is 12.7 Å². The number of ether oxygens (including phenoxy) is 2. The standard InChI is InChI=1S/C12H21NO4.H2S/c1-6-7-8-9(10(14)16-5)13-11(15)17-12(2,3)4;/h6,9H,1,7-8H2,2-5H3,(H,13,15);1H2/t9-;/m0./s1. The van der Waals surface area contributed by atoms with Gasteiger partial charge in [-0.25, -0.2) is 9.59 Å². The molecule has 0 bridgehead atoms. The minimum atomic E-state index is -0.701. The maximum absolute atomic E-state index is 11.5. The third-order valence-corrected chi connectivity index (χ3v) is 1.84. The number of methoxy groups -OCH3 is 1. The summed E-state index contributed by atoms with van der Waals surface area (Å²) in [7, 11) is 1.28. The van der Waals surface area contributed by atoms with Crippen molar-refractivity contribution in [1.82, 2.24) is 5.32 Å². The molecule has 0 aromatic heterocycles. The van der Waals surface area contributed by atoms with Crippen LogP contribution < -0.4 is 5.32 Å². The van der Waals surface area contributed by atoms with E-state index in [1.54, 1.807) is 26.8 Å². The molecule has 0 aromatic rings. The Morgan fingerprint density at radius 2 is 1.94 bits per heavy atom. The van der Waals surface area contributed by atoms with Crippen LogP contribution in [0.15, 0.2) is 12.7 Å². The summed E-state index contributed by atoms with van der Waals surface area (Å²) in [5.74, 6) is -0.488. The molecule has 18 heavy (non-hydrogen) atoms. The van der Waals surface area contributed by atoms with E-state index < -0.39 is 23.7 Å². The normalized spacial score (nSPS) is 11.8. The molecule has 1 amide bonds. The number of carbonyl (C=O) groups excluding carboxylic acids is 2. The van der Waals surface area contributed by atoms with Crippen LogP contribution in [0, 0.1) is 0 Å². The molecule has 0 saturated heterocycles. The molecule has 0 heterocycles. The monoisotopic (exact) mass is 277 g/mol. The molecular weight excluding hydrogens is 254 g/mol. The van der Waals surface area contributed by atoms with Crippen LogP contribution in [0.3, 0.4) is 0 Å². The van der Waals surface area contributed by atoms with Crippen molar-refractivity contribution in [1.29, 1.82) is 0 Å². The topological polar surface area (TPSA) is 64.6 Å². The molecule has 6 heteroatoms. The van der Waals surface area contributed by atoms with Crippen LogP contribution in [-0.2, 0) is 14.3 Å². The zero-order valence-corrected chi connectivity index (χ0v) is 12.4. The molecule has 1 N–H and O–H groups in total. The second kappa shape index (κ2) is 8.85. The highest BCUT2D eigenvalue weighted by Crippen LogP contribution is 2.08. The number of allylic oxidation sites excluding steroid dienone is 1. The maximum atomic E-state index is 11.5. The minimum Gasteiger partial charge on any atom is -0.467 e. The highest BCUT2D eigenvalue weighted by atomic mass is 32.1. The number of nitrogens with one attached hydrogen (secondary N) is 1. The van der Waals surface area contributed by atoms with E-state index in [-0.39, 0.29) is 13.5 Å². The zero-order valence-electron chi connectivity index (χ0n) is 11.4. The van der Waals surface area contributed by atoms with Crippen LogP contribution in [-0.4, -0.2) is 30.8 Å². The summed E-state index contributed by atoms with van der Waals surface area (Å²) in [5.41, 5.74) is -0.594. The number of hydrogen-bond donors (Lipinski definition) is 1. The van der Waals surface area contributed by atoms with Gasteiger partial charge in [0.25, 0.3) is 0 Å². The molecule has 5 nitrogen and oxygen atoms in total. The lowest BCUT2D eigenvalue weighted by atomic mass is 10.1. The summed E-state index contributed by atoms with van der Waals surface area (Å²) in [6.07, 6.45) is 2.09. The molecular formula is C12H23NO4S. The van der Waals surface area contributed by atoms with Crippen LogP contribution >= 0.6 is 13.5 Å². The summed E-state index contributed by atoms with van der Waals surface area (Å²) in [6, 6.07) is -0.701. The van der Waals surface area contributed by atoms with Gasteiger partial charge in [-0.1, -0.05) is 6.08 Å². The highest BCUT2D eigenvalue weighted by molar-refractivity contribution is 7.59. The number of rotatable bonds is 5. The van der Waals surface area contributed by atoms with E-state index in [2.05, 4.69) is 16.6 Å². The van der Waals surface area contributed by atoms with Crippen molar-refractivity contribution in [2.45, 2.75) is 45.3 Å². The average Bonchev–Trinajstić information content (AvgIpc) is 2.20. The van der Waals surface area contributed by atoms with Gasteiger partial charge in [-0.05, 0) is 33.6 Å². The van der Waals surface area contributed by atoms with Crippen LogP contribution in [0.2, 0.25) is 0 Å². The smallest absolute Gasteiger partial charge is 0.408 e. The Labute approximate surface area is 115 Å². The zero-order chi connectivity index (χ0) is 13.5. The number of carbonyl (C=O) groups is 2. The molecule has 1 atom stereocenters. The van der Waals surface area contributed by atoms with Gasteiger partial charge in [-0.15, -0.1) is 6.58 Å². The first-order valence-corrected chi connectivity index (χ1v) is 5.48. The van der Waals surface area contributed by atoms with Gasteiger partial charge in [-0.2, -0.15) is 13.5 Å². The van der Waals surface area contributed by atoms with Gasteiger partial charge < -0.3 is 14.8 Å². The Balaban J connectivity index is 0. The fourth-order valence-corrected chi connectivity index (χ4v) is 1.13. The van der Waals surface area contributed by atoms with Crippen molar-refractivity contribution in [3.8, 4) is 0 Å². The summed E-state index contributed by atoms with van der Waals surface area (Å²) in [5, 5.41) is 2.48. The van der Waals surface area contributed by atoms with Crippen molar-refractivity contribution in [3.63, 3.8) is 0 Å². The molecule has 0 radical (unpaired) electrons. The fraction of sp³-hybridized carbons (Fsp3) is 0.667. The third-order valence-electron chi connectivity index (χ3n) is 1.84. The SMILES string of the molecule is C=CCC[C@H](NC(=O)OC(C)(C)C)C(=O)OC.S. The Hall–Kier alpha value is -1.17. The van der Waals surface area contributed by atoms with Crippen molar-refractivity contribution in [2.75, 3.05) is 7.11 Å². The number of amides is 1. The Morgan fingerprint density at radius 3 is 2.33 bits per heavy atom. The first kappa shape index (κ1) is 19.2. The van der Waals surface area contributed by atoms with E-state index in [1.807, 2.05) is 0 Å². The third kappa shape index (κ3) is 8.92. The second-order valence-corrected chi connectivity index (χ2v) is 4.59. The molecule has 106 valence electrons. The lowest BCUT2D eigenvalue weighted by Crippen LogP contribution is -2.43. The van der Waals surface area contributed by atoms with Gasteiger partial charge in [0.15, 0.2) is 0 Å². The van der Waals surface area contributed by atoms with Gasteiger partial charge in [0.05, 0.1) is 7.11 Å². The first-order chi connectivity index (χ1) is 7.80. The maximum Gasteiger partial charge on any atom is 0.408 e. The van der Waals surface area contributed by atoms with Crippen molar-refractivity contribution >= 4 is 25.6 Å². The summed E-state index contributed by atoms with van der Waals surface area (Å²) >= 11 is 0. The number of hydrogen-bond acceptors (Lipinski definition) is 4. The second-order valence-electron chi connectivity index (χ2n) is 4.59. The van der Waals surface area contributed by atoms with E-state index in [0.717, 1.165) is 0 Å². The first-order valence-electron chi connectivity index (χ1n) is 5.48. The molecule has 0 fully saturated rings. The van der Waals surface area contributed by atoms with Gasteiger partial charge in [0.1, 0.15) is 11.6 Å². The molecule has 0 aliphatic heterocycles. The lowest BCUT2D eigenvalue weighted by Gasteiger charge is -2.22. The van der Waals surface area contributed by atoms with E-state index in [0.29, 0.717) is 12.8 Å². The van der Waals surface area contributed by atoms with E-state index >= 15 is 0 Å². The molecule has 0 aliphatic rings. The van der Waals surface area contributed by atoms with Crippen molar-refractivity contribution < 1.29 is 19.1 Å². The molecule has 0 saturated carbocycles. The minimum absolute atomic E-state index is 0.